The maximum absolute atomic E-state index is 4.65. The highest BCUT2D eigenvalue weighted by Gasteiger charge is 2.25. The van der Waals surface area contributed by atoms with Crippen LogP contribution in [0.3, 0.4) is 0 Å². The van der Waals surface area contributed by atoms with Gasteiger partial charge in [-0.2, -0.15) is 0 Å². The molecule has 0 bridgehead atoms. The van der Waals surface area contributed by atoms with E-state index in [1.807, 2.05) is 6.20 Å². The Labute approximate surface area is 248 Å². The molecule has 1 aromatic carbocycles. The Hall–Kier alpha value is -2.37. The zero-order chi connectivity index (χ0) is 28.9. The molecule has 1 heterocycles. The van der Waals surface area contributed by atoms with Crippen LogP contribution in [0.5, 0.6) is 0 Å². The van der Waals surface area contributed by atoms with Crippen LogP contribution in [-0.4, -0.2) is 26.3 Å². The predicted molar refractivity (Wildman–Crippen MR) is 176 cm³/mol. The predicted octanol–water partition coefficient (Wildman–Crippen LogP) is 10.3. The summed E-state index contributed by atoms with van der Waals surface area (Å²) in [7, 11) is 5.52. The van der Waals surface area contributed by atoms with Gasteiger partial charge in [-0.3, -0.25) is 0 Å². The molecule has 4 nitrogen and oxygen atoms in total. The summed E-state index contributed by atoms with van der Waals surface area (Å²) in [5.41, 5.74) is 8.33. The number of allylic oxidation sites excluding steroid dienone is 5. The summed E-state index contributed by atoms with van der Waals surface area (Å²) < 4.78 is 4.25. The number of hydrogen-bond donors (Lipinski definition) is 1. The number of benzene rings is 1. The standard InChI is InChI=1S/C33H47N3S.C2H6O/c1-6-13-27-17-11-12-18-31(27)36(5)32-22-28(20-19-24(32)3)29(21-26-15-9-8-10-16-26)30(14-7-2)35-33-34-23-25(4)37-33;1-3-2/h14,17-20,22-23,26,29H,6-13,15-16,21H2,1-5H3,(H,34,35);1-2H3. The zero-order valence-electron chi connectivity index (χ0n) is 26.2. The second-order valence-corrected chi connectivity index (χ2v) is 12.7. The van der Waals surface area contributed by atoms with Crippen molar-refractivity contribution in [2.45, 2.75) is 104 Å². The van der Waals surface area contributed by atoms with Crippen molar-refractivity contribution in [2.75, 3.05) is 31.5 Å². The van der Waals surface area contributed by atoms with Gasteiger partial charge in [-0.15, -0.1) is 11.3 Å². The van der Waals surface area contributed by atoms with Gasteiger partial charge >= 0.3 is 0 Å². The molecule has 2 aromatic rings. The molecule has 1 N–H and O–H groups in total. The summed E-state index contributed by atoms with van der Waals surface area (Å²) in [6.45, 7) is 8.93. The molecule has 2 aliphatic rings. The number of hydrogen-bond acceptors (Lipinski definition) is 5. The molecule has 0 aliphatic heterocycles. The molecule has 40 heavy (non-hydrogen) atoms. The first-order chi connectivity index (χ1) is 19.4. The van der Waals surface area contributed by atoms with Crippen molar-refractivity contribution in [1.82, 2.24) is 4.98 Å². The normalized spacial score (nSPS) is 16.9. The van der Waals surface area contributed by atoms with Crippen molar-refractivity contribution in [3.8, 4) is 0 Å². The Bertz CT molecular complexity index is 1140. The number of anilines is 2. The van der Waals surface area contributed by atoms with Gasteiger partial charge in [0.25, 0.3) is 0 Å². The van der Waals surface area contributed by atoms with Crippen molar-refractivity contribution >= 4 is 22.2 Å². The van der Waals surface area contributed by atoms with Gasteiger partial charge in [0, 0.05) is 55.3 Å². The Balaban J connectivity index is 0.00000141. The average Bonchev–Trinajstić information content (AvgIpc) is 3.37. The maximum atomic E-state index is 4.65. The molecule has 0 spiro atoms. The van der Waals surface area contributed by atoms with Crippen LogP contribution in [0.15, 0.2) is 59.6 Å². The van der Waals surface area contributed by atoms with Crippen LogP contribution in [0, 0.1) is 19.8 Å². The monoisotopic (exact) mass is 563 g/mol. The van der Waals surface area contributed by atoms with Gasteiger partial charge in [-0.1, -0.05) is 82.7 Å². The van der Waals surface area contributed by atoms with E-state index in [1.165, 1.54) is 90.0 Å². The molecule has 5 heteroatoms. The molecular formula is C35H53N3OS. The van der Waals surface area contributed by atoms with Gasteiger partial charge < -0.3 is 15.0 Å². The van der Waals surface area contributed by atoms with Crippen LogP contribution in [0.25, 0.3) is 0 Å². The highest BCUT2D eigenvalue weighted by molar-refractivity contribution is 7.15. The van der Waals surface area contributed by atoms with Gasteiger partial charge in [0.05, 0.1) is 0 Å². The third kappa shape index (κ3) is 9.07. The molecule has 1 aromatic heterocycles. The number of likely N-dealkylation sites (N-methyl/N-ethyl adjacent to an activating group) is 1. The molecule has 1 saturated carbocycles. The fourth-order valence-corrected chi connectivity index (χ4v) is 6.82. The largest absolute Gasteiger partial charge is 0.388 e. The summed E-state index contributed by atoms with van der Waals surface area (Å²) in [6, 6.07) is 7.22. The smallest absolute Gasteiger partial charge is 0.187 e. The van der Waals surface area contributed by atoms with Crippen LogP contribution >= 0.6 is 11.3 Å². The molecular weight excluding hydrogens is 510 g/mol. The second-order valence-electron chi connectivity index (χ2n) is 11.4. The summed E-state index contributed by atoms with van der Waals surface area (Å²) >= 11 is 1.75. The van der Waals surface area contributed by atoms with E-state index in [2.05, 4.69) is 91.1 Å². The highest BCUT2D eigenvalue weighted by Crippen LogP contribution is 2.40. The summed E-state index contributed by atoms with van der Waals surface area (Å²) in [6.07, 6.45) is 23.0. The van der Waals surface area contributed by atoms with E-state index in [0.29, 0.717) is 5.92 Å². The number of thiazole rings is 1. The van der Waals surface area contributed by atoms with Gasteiger partial charge in [-0.05, 0) is 74.6 Å². The lowest BCUT2D eigenvalue weighted by atomic mass is 9.79. The van der Waals surface area contributed by atoms with Crippen molar-refractivity contribution in [3.05, 3.63) is 75.6 Å². The number of aryl methyl sites for hydroxylation is 2. The van der Waals surface area contributed by atoms with Gasteiger partial charge in [-0.25, -0.2) is 4.98 Å². The molecule has 0 amide bonds. The fourth-order valence-electron chi connectivity index (χ4n) is 6.13. The minimum atomic E-state index is 0.353. The highest BCUT2D eigenvalue weighted by atomic mass is 32.1. The molecule has 2 aliphatic carbocycles. The third-order valence-electron chi connectivity index (χ3n) is 8.07. The molecule has 4 rings (SSSR count). The van der Waals surface area contributed by atoms with Crippen molar-refractivity contribution in [1.29, 1.82) is 0 Å². The lowest BCUT2D eigenvalue weighted by Gasteiger charge is -2.32. The van der Waals surface area contributed by atoms with Crippen LogP contribution in [0.4, 0.5) is 10.8 Å². The van der Waals surface area contributed by atoms with E-state index in [4.69, 9.17) is 0 Å². The number of methoxy groups -OCH3 is 1. The number of aromatic nitrogens is 1. The van der Waals surface area contributed by atoms with Crippen molar-refractivity contribution in [2.24, 2.45) is 5.92 Å². The Morgan fingerprint density at radius 3 is 2.50 bits per heavy atom. The molecule has 220 valence electrons. The number of nitrogens with zero attached hydrogens (tertiary/aromatic N) is 2. The van der Waals surface area contributed by atoms with Gasteiger partial charge in [0.15, 0.2) is 5.13 Å². The van der Waals surface area contributed by atoms with Gasteiger partial charge in [0.1, 0.15) is 0 Å². The minimum absolute atomic E-state index is 0.353. The molecule has 1 unspecified atom stereocenters. The topological polar surface area (TPSA) is 37.4 Å². The Morgan fingerprint density at radius 1 is 1.12 bits per heavy atom. The van der Waals surface area contributed by atoms with Crippen LogP contribution in [0.2, 0.25) is 0 Å². The van der Waals surface area contributed by atoms with Crippen molar-refractivity contribution in [3.63, 3.8) is 0 Å². The van der Waals surface area contributed by atoms with E-state index >= 15 is 0 Å². The van der Waals surface area contributed by atoms with E-state index < -0.39 is 0 Å². The zero-order valence-corrected chi connectivity index (χ0v) is 27.0. The van der Waals surface area contributed by atoms with E-state index in [0.717, 1.165) is 30.3 Å². The Morgan fingerprint density at radius 2 is 1.85 bits per heavy atom. The second kappa shape index (κ2) is 16.8. The quantitative estimate of drug-likeness (QED) is 0.295. The average molecular weight is 564 g/mol. The van der Waals surface area contributed by atoms with E-state index in [1.54, 1.807) is 25.6 Å². The lowest BCUT2D eigenvalue weighted by Crippen LogP contribution is -2.21. The first-order valence-electron chi connectivity index (χ1n) is 15.4. The first kappa shape index (κ1) is 32.1. The number of nitrogens with one attached hydrogen (secondary N) is 1. The fraction of sp³-hybridized carbons (Fsp3) is 0.571. The number of ether oxygens (including phenoxy) is 1. The van der Waals surface area contributed by atoms with Gasteiger partial charge in [0.2, 0.25) is 0 Å². The SMILES string of the molecule is CCC=C(Nc1ncc(C)s1)C(CC1CCCCC1)c1ccc(C)c(N(C)C2=CCCC=C2CCC)c1.COC. The van der Waals surface area contributed by atoms with Crippen LogP contribution in [-0.2, 0) is 4.74 Å². The lowest BCUT2D eigenvalue weighted by molar-refractivity contribution is 0.277. The summed E-state index contributed by atoms with van der Waals surface area (Å²) in [4.78, 5) is 8.36. The number of rotatable bonds is 11. The van der Waals surface area contributed by atoms with Crippen molar-refractivity contribution < 1.29 is 4.74 Å². The van der Waals surface area contributed by atoms with E-state index in [-0.39, 0.29) is 0 Å². The van der Waals surface area contributed by atoms with Crippen LogP contribution in [0.1, 0.15) is 106 Å². The first-order valence-corrected chi connectivity index (χ1v) is 16.3. The van der Waals surface area contributed by atoms with Crippen LogP contribution < -0.4 is 10.2 Å². The Kier molecular flexibility index (Phi) is 13.5. The molecule has 1 atom stereocenters. The maximum Gasteiger partial charge on any atom is 0.187 e. The van der Waals surface area contributed by atoms with E-state index in [9.17, 15) is 0 Å². The molecule has 0 radical (unpaired) electrons. The third-order valence-corrected chi connectivity index (χ3v) is 8.90. The molecule has 0 saturated heterocycles. The minimum Gasteiger partial charge on any atom is -0.388 e. The molecule has 1 fully saturated rings. The summed E-state index contributed by atoms with van der Waals surface area (Å²) in [5, 5.41) is 4.78. The summed E-state index contributed by atoms with van der Waals surface area (Å²) in [5.74, 6) is 1.15.